The van der Waals surface area contributed by atoms with Crippen molar-refractivity contribution in [2.45, 2.75) is 113 Å². The van der Waals surface area contributed by atoms with Crippen LogP contribution < -0.4 is 9.72 Å². The average molecular weight is 846 g/mol. The number of phenolic OH excluding ortho intramolecular Hbond substituents is 2. The molecular weight excluding hydrogens is 791 g/mol. The fraction of sp³-hybridized carbons (Fsp3) is 0.396. The summed E-state index contributed by atoms with van der Waals surface area (Å²) in [6.07, 6.45) is 16.4. The number of rotatable bonds is 6. The molecular formula is C53H55N3O7-2. The van der Waals surface area contributed by atoms with E-state index in [2.05, 4.69) is 35.3 Å². The van der Waals surface area contributed by atoms with E-state index in [1.165, 1.54) is 0 Å². The molecule has 0 amide bonds. The Balaban J connectivity index is 1.09. The summed E-state index contributed by atoms with van der Waals surface area (Å²) in [5.41, 5.74) is 7.34. The van der Waals surface area contributed by atoms with Crippen LogP contribution in [0.3, 0.4) is 0 Å². The molecule has 5 N–H and O–H groups in total. The van der Waals surface area contributed by atoms with Gasteiger partial charge in [-0.05, 0) is 123 Å². The number of hydrogen-bond donors (Lipinski definition) is 5. The molecule has 3 aromatic carbocycles. The molecule has 63 heavy (non-hydrogen) atoms. The molecule has 1 fully saturated rings. The van der Waals surface area contributed by atoms with Crippen molar-refractivity contribution in [3.8, 4) is 17.2 Å². The molecule has 1 saturated carbocycles. The number of aromatic nitrogens is 2. The van der Waals surface area contributed by atoms with Gasteiger partial charge in [0.1, 0.15) is 11.5 Å². The van der Waals surface area contributed by atoms with Gasteiger partial charge in [0.2, 0.25) is 0 Å². The van der Waals surface area contributed by atoms with Gasteiger partial charge in [-0.3, -0.25) is 9.59 Å². The van der Waals surface area contributed by atoms with Crippen LogP contribution in [0.5, 0.6) is 17.2 Å². The van der Waals surface area contributed by atoms with E-state index in [1.54, 1.807) is 24.4 Å². The molecule has 10 heteroatoms. The van der Waals surface area contributed by atoms with Gasteiger partial charge >= 0.3 is 0 Å². The summed E-state index contributed by atoms with van der Waals surface area (Å²) in [6, 6.07) is 21.3. The van der Waals surface area contributed by atoms with Gasteiger partial charge in [0.25, 0.3) is 0 Å². The molecule has 326 valence electrons. The van der Waals surface area contributed by atoms with Gasteiger partial charge in [-0.2, -0.15) is 6.20 Å². The van der Waals surface area contributed by atoms with Crippen molar-refractivity contribution < 1.29 is 34.8 Å². The molecule has 0 saturated heterocycles. The zero-order valence-corrected chi connectivity index (χ0v) is 35.5. The van der Waals surface area contributed by atoms with Gasteiger partial charge in [0.15, 0.2) is 17.3 Å². The fourth-order valence-corrected chi connectivity index (χ4v) is 11.3. The fourth-order valence-electron chi connectivity index (χ4n) is 11.3. The number of carbonyl (C=O) groups excluding carboxylic acids is 2. The number of phenols is 2. The zero-order chi connectivity index (χ0) is 43.2. The molecule has 6 bridgehead atoms. The lowest BCUT2D eigenvalue weighted by atomic mass is 9.65. The molecule has 2 aromatic heterocycles. The van der Waals surface area contributed by atoms with Gasteiger partial charge in [-0.25, -0.2) is 0 Å². The van der Waals surface area contributed by atoms with Crippen LogP contribution in [0.15, 0.2) is 90.8 Å². The molecule has 0 unspecified atom stereocenters. The minimum atomic E-state index is -1.37. The second kappa shape index (κ2) is 17.0. The zero-order valence-electron chi connectivity index (χ0n) is 35.5. The van der Waals surface area contributed by atoms with Crippen molar-refractivity contribution in [1.82, 2.24) is 9.97 Å². The van der Waals surface area contributed by atoms with Crippen molar-refractivity contribution in [2.75, 3.05) is 6.61 Å². The molecule has 10 nitrogen and oxygen atoms in total. The normalized spacial score (nSPS) is 25.9. The van der Waals surface area contributed by atoms with Crippen molar-refractivity contribution in [1.29, 1.82) is 0 Å². The van der Waals surface area contributed by atoms with Crippen LogP contribution in [0, 0.1) is 11.8 Å². The number of H-pyrrole nitrogens is 1. The first-order valence-corrected chi connectivity index (χ1v) is 22.9. The number of aliphatic hydroxyl groups is 2. The number of aliphatic hydroxyl groups excluding tert-OH is 1. The SMILES string of the molecule is O=C1CCc2cc(c(O)c(OC3CCCC3)c2)Cc2cccc(c2)[C@@H]2CC[C@@H]([N-]c3[nH]ccc32)C2=Cc3[n-]ccc3[C@@H](C[C@]3(O)C=Cc4c(O)cccc4CC3)[C@H]2C(=O)[C@H]1CCO. The third kappa shape index (κ3) is 8.04. The number of aryl methyl sites for hydroxylation is 2. The quantitative estimate of drug-likeness (QED) is 0.105. The number of carbonyl (C=O) groups is 2. The molecule has 1 aliphatic heterocycles. The predicted molar refractivity (Wildman–Crippen MR) is 241 cm³/mol. The Labute approximate surface area is 368 Å². The Bertz CT molecular complexity index is 2600. The van der Waals surface area contributed by atoms with Crippen molar-refractivity contribution in [3.63, 3.8) is 0 Å². The topological polar surface area (TPSA) is 168 Å². The molecule has 3 heterocycles. The summed E-state index contributed by atoms with van der Waals surface area (Å²) in [6.45, 7) is -0.349. The van der Waals surface area contributed by atoms with E-state index in [4.69, 9.17) is 15.0 Å². The third-order valence-corrected chi connectivity index (χ3v) is 14.6. The number of Topliss-reactive ketones (excluding diaryl/α,β-unsaturated/α-hetero) is 2. The summed E-state index contributed by atoms with van der Waals surface area (Å²) < 4.78 is 6.45. The summed E-state index contributed by atoms with van der Waals surface area (Å²) in [7, 11) is 0. The lowest BCUT2D eigenvalue weighted by molar-refractivity contribution is -0.135. The molecule has 0 spiro atoms. The van der Waals surface area contributed by atoms with Crippen LogP contribution in [0.2, 0.25) is 0 Å². The van der Waals surface area contributed by atoms with Crippen molar-refractivity contribution >= 4 is 29.5 Å². The van der Waals surface area contributed by atoms with Gasteiger partial charge in [0.05, 0.1) is 17.6 Å². The highest BCUT2D eigenvalue weighted by Crippen LogP contribution is 2.52. The molecule has 6 atom stereocenters. The lowest BCUT2D eigenvalue weighted by Crippen LogP contribution is -2.41. The first-order chi connectivity index (χ1) is 30.6. The Kier molecular flexibility index (Phi) is 11.1. The van der Waals surface area contributed by atoms with E-state index in [-0.39, 0.29) is 61.0 Å². The maximum absolute atomic E-state index is 15.7. The Hall–Kier alpha value is -5.84. The molecule has 0 radical (unpaired) electrons. The van der Waals surface area contributed by atoms with E-state index in [1.807, 2.05) is 42.6 Å². The number of fused-ring (bicyclic) bond motifs is 14. The number of ketones is 2. The van der Waals surface area contributed by atoms with Gasteiger partial charge in [0, 0.05) is 42.4 Å². The number of nitrogens with one attached hydrogen (secondary N) is 1. The van der Waals surface area contributed by atoms with E-state index in [9.17, 15) is 25.2 Å². The highest BCUT2D eigenvalue weighted by molar-refractivity contribution is 6.05. The number of hydrogen-bond acceptors (Lipinski definition) is 7. The van der Waals surface area contributed by atoms with Crippen LogP contribution in [0.1, 0.15) is 126 Å². The number of aromatic hydroxyl groups is 2. The van der Waals surface area contributed by atoms with Gasteiger partial charge in [-0.1, -0.05) is 96.0 Å². The van der Waals surface area contributed by atoms with Gasteiger partial charge in [-0.15, -0.1) is 5.69 Å². The van der Waals surface area contributed by atoms with Crippen molar-refractivity contribution in [3.05, 3.63) is 146 Å². The molecule has 5 aliphatic rings. The van der Waals surface area contributed by atoms with Crippen molar-refractivity contribution in [2.24, 2.45) is 11.8 Å². The third-order valence-electron chi connectivity index (χ3n) is 14.6. The van der Waals surface area contributed by atoms with E-state index in [0.717, 1.165) is 88.1 Å². The largest absolute Gasteiger partial charge is 0.664 e. The number of nitrogens with zero attached hydrogens (tertiary/aromatic N) is 2. The maximum Gasteiger partial charge on any atom is 0.161 e. The summed E-state index contributed by atoms with van der Waals surface area (Å²) in [5.74, 6) is -1.67. The summed E-state index contributed by atoms with van der Waals surface area (Å²) in [5, 5.41) is 50.9. The predicted octanol–water partition coefficient (Wildman–Crippen LogP) is 9.26. The molecule has 5 aromatic rings. The highest BCUT2D eigenvalue weighted by atomic mass is 16.5. The highest BCUT2D eigenvalue weighted by Gasteiger charge is 2.45. The first-order valence-electron chi connectivity index (χ1n) is 22.9. The van der Waals surface area contributed by atoms with Crippen LogP contribution in [-0.2, 0) is 28.9 Å². The lowest BCUT2D eigenvalue weighted by Gasteiger charge is -2.43. The van der Waals surface area contributed by atoms with E-state index >= 15 is 4.79 Å². The molecule has 10 rings (SSSR count). The second-order valence-corrected chi connectivity index (χ2v) is 18.5. The average Bonchev–Trinajstić information content (AvgIpc) is 4.04. The second-order valence-electron chi connectivity index (χ2n) is 18.5. The Morgan fingerprint density at radius 1 is 0.873 bits per heavy atom. The standard InChI is InChI=1S/C53H55N3O7/c57-24-19-41-47(59)14-11-32-27-35(50(60)48(28-32)63-36-8-1-2-9-36)26-31-5-3-7-34(25-31)37-12-13-44(56-52-40(37)18-23-55-52)42-29-45-39(17-22-54-45)43(49(42)51(41)61)30-53(62)20-15-33-6-4-10-46(58)38(33)16-21-53/h3-7,10,16-18,21-23,25,27-29,36-37,41,43-44,49,55,57-58,60,62H,1-2,8-9,11-15,19-20,24,26,30H2/q-2/t37-,41-,43+,44+,49-,53+/m0/s1. The first kappa shape index (κ1) is 41.2. The minimum absolute atomic E-state index is 0.0129. The molecule has 4 aliphatic carbocycles. The number of ether oxygens (including phenoxy) is 1. The monoisotopic (exact) mass is 845 g/mol. The number of benzene rings is 3. The Morgan fingerprint density at radius 3 is 2.59 bits per heavy atom. The van der Waals surface area contributed by atoms with E-state index < -0.39 is 29.4 Å². The number of aromatic amines is 1. The van der Waals surface area contributed by atoms with Gasteiger partial charge < -0.3 is 40.4 Å². The van der Waals surface area contributed by atoms with E-state index in [0.29, 0.717) is 43.4 Å². The van der Waals surface area contributed by atoms with Crippen LogP contribution >= 0.6 is 0 Å². The minimum Gasteiger partial charge on any atom is -0.664 e. The Morgan fingerprint density at radius 2 is 1.73 bits per heavy atom. The van der Waals surface area contributed by atoms with Crippen LogP contribution in [0.25, 0.3) is 17.5 Å². The maximum atomic E-state index is 15.7. The summed E-state index contributed by atoms with van der Waals surface area (Å²) >= 11 is 0. The van der Waals surface area contributed by atoms with Crippen LogP contribution in [-0.4, -0.2) is 61.3 Å². The smallest absolute Gasteiger partial charge is 0.161 e. The summed E-state index contributed by atoms with van der Waals surface area (Å²) in [4.78, 5) is 38.5. The van der Waals surface area contributed by atoms with Crippen LogP contribution in [0.4, 0.5) is 5.82 Å².